The van der Waals surface area contributed by atoms with Gasteiger partial charge in [0.05, 0.1) is 5.48 Å². The summed E-state index contributed by atoms with van der Waals surface area (Å²) in [5.41, 5.74) is 1.32. The van der Waals surface area contributed by atoms with E-state index in [1.807, 2.05) is 56.3 Å². The molecule has 0 radical (unpaired) electrons. The molecule has 0 N–H and O–H groups in total. The number of fused-ring (bicyclic) bond motifs is 1. The molecular weight excluding hydrogens is 318 g/mol. The Balaban J connectivity index is 1.98. The van der Waals surface area contributed by atoms with E-state index in [4.69, 9.17) is 5.48 Å². The van der Waals surface area contributed by atoms with E-state index in [-0.39, 0.29) is 41.5 Å². The van der Waals surface area contributed by atoms with Crippen molar-refractivity contribution < 1.29 is 5.48 Å². The van der Waals surface area contributed by atoms with E-state index in [2.05, 4.69) is 15.0 Å². The molecule has 26 heavy (non-hydrogen) atoms. The second kappa shape index (κ2) is 6.68. The molecular formula is C23H21N3. The Labute approximate surface area is 159 Å². The maximum absolute atomic E-state index is 8.45. The van der Waals surface area contributed by atoms with Crippen LogP contribution in [0.1, 0.15) is 36.6 Å². The first kappa shape index (κ1) is 12.3. The molecule has 4 aromatic rings. The molecule has 0 spiro atoms. The van der Waals surface area contributed by atoms with Crippen LogP contribution < -0.4 is 0 Å². The van der Waals surface area contributed by atoms with Crippen molar-refractivity contribution in [1.29, 1.82) is 0 Å². The van der Waals surface area contributed by atoms with Gasteiger partial charge in [-0.2, -0.15) is 0 Å². The van der Waals surface area contributed by atoms with Crippen LogP contribution in [0.15, 0.2) is 66.6 Å². The maximum atomic E-state index is 8.45. The first-order valence-corrected chi connectivity index (χ1v) is 8.60. The molecule has 0 aliphatic rings. The lowest BCUT2D eigenvalue weighted by molar-refractivity contribution is 0.766. The van der Waals surface area contributed by atoms with Crippen LogP contribution >= 0.6 is 0 Å². The Kier molecular flexibility index (Phi) is 3.16. The Morgan fingerprint density at radius 1 is 0.846 bits per heavy atom. The zero-order valence-corrected chi connectivity index (χ0v) is 15.0. The fourth-order valence-electron chi connectivity index (χ4n) is 2.77. The number of rotatable bonds is 3. The highest BCUT2D eigenvalue weighted by atomic mass is 15.0. The van der Waals surface area contributed by atoms with Gasteiger partial charge in [0.15, 0.2) is 11.6 Å². The summed E-state index contributed by atoms with van der Waals surface area (Å²) in [6.45, 7) is 5.56. The summed E-state index contributed by atoms with van der Waals surface area (Å²) in [7, 11) is 0. The highest BCUT2D eigenvalue weighted by Crippen LogP contribution is 2.26. The van der Waals surface area contributed by atoms with Gasteiger partial charge in [-0.05, 0) is 29.8 Å². The maximum Gasteiger partial charge on any atom is 0.163 e. The van der Waals surface area contributed by atoms with Crippen LogP contribution in [-0.2, 0) is 0 Å². The summed E-state index contributed by atoms with van der Waals surface area (Å²) in [5.74, 6) is 1.23. The van der Waals surface area contributed by atoms with Gasteiger partial charge in [-0.3, -0.25) is 0 Å². The molecule has 0 saturated heterocycles. The molecule has 0 aliphatic heterocycles. The van der Waals surface area contributed by atoms with Crippen LogP contribution in [0.4, 0.5) is 0 Å². The molecule has 0 bridgehead atoms. The standard InChI is InChI=1S/C23H21N3/c1-15(2)21-24-22(19-10-6-7-16(3)13-19)26-23(25-21)20-12-11-17-8-4-5-9-18(17)14-20/h4-15H,1-3H3/i6D,7D,10D,13D. The zero-order valence-electron chi connectivity index (χ0n) is 19.0. The third-order valence-electron chi connectivity index (χ3n) is 4.15. The molecule has 3 aromatic carbocycles. The van der Waals surface area contributed by atoms with Gasteiger partial charge in [-0.25, -0.2) is 15.0 Å². The molecule has 0 unspecified atom stereocenters. The summed E-state index contributed by atoms with van der Waals surface area (Å²) < 4.78 is 32.8. The molecule has 0 fully saturated rings. The van der Waals surface area contributed by atoms with Crippen molar-refractivity contribution in [3.63, 3.8) is 0 Å². The Morgan fingerprint density at radius 2 is 1.58 bits per heavy atom. The van der Waals surface area contributed by atoms with Gasteiger partial charge in [0.2, 0.25) is 0 Å². The van der Waals surface area contributed by atoms with Gasteiger partial charge in [-0.1, -0.05) is 73.9 Å². The minimum Gasteiger partial charge on any atom is -0.213 e. The molecule has 0 aliphatic carbocycles. The number of hydrogen-bond donors (Lipinski definition) is 0. The van der Waals surface area contributed by atoms with Crippen molar-refractivity contribution >= 4 is 10.8 Å². The van der Waals surface area contributed by atoms with Gasteiger partial charge in [0.1, 0.15) is 5.82 Å². The minimum atomic E-state index is -0.225. The summed E-state index contributed by atoms with van der Waals surface area (Å²) in [6, 6.07) is 13.5. The molecule has 3 nitrogen and oxygen atoms in total. The highest BCUT2D eigenvalue weighted by molar-refractivity contribution is 5.86. The monoisotopic (exact) mass is 343 g/mol. The third kappa shape index (κ3) is 3.21. The first-order valence-electron chi connectivity index (χ1n) is 10.6. The second-order valence-corrected chi connectivity index (χ2v) is 6.56. The normalized spacial score (nSPS) is 13.4. The average Bonchev–Trinajstić information content (AvgIpc) is 2.76. The van der Waals surface area contributed by atoms with Gasteiger partial charge >= 0.3 is 0 Å². The smallest absolute Gasteiger partial charge is 0.163 e. The number of benzene rings is 3. The second-order valence-electron chi connectivity index (χ2n) is 6.56. The van der Waals surface area contributed by atoms with Crippen molar-refractivity contribution in [2.24, 2.45) is 0 Å². The van der Waals surface area contributed by atoms with Crippen LogP contribution in [0.5, 0.6) is 0 Å². The van der Waals surface area contributed by atoms with Crippen LogP contribution in [0.3, 0.4) is 0 Å². The van der Waals surface area contributed by atoms with E-state index in [0.717, 1.165) is 16.3 Å². The molecule has 3 heteroatoms. The molecule has 0 saturated carbocycles. The number of nitrogens with zero attached hydrogens (tertiary/aromatic N) is 3. The van der Waals surface area contributed by atoms with E-state index in [9.17, 15) is 0 Å². The van der Waals surface area contributed by atoms with E-state index in [0.29, 0.717) is 17.2 Å². The SMILES string of the molecule is [2H]c1c([2H])c(C)c([2H])c(-c2nc(-c3ccc4ccccc4c3)nc(C(C)C)n2)c1[2H]. The van der Waals surface area contributed by atoms with Gasteiger partial charge in [-0.15, -0.1) is 0 Å². The van der Waals surface area contributed by atoms with E-state index >= 15 is 0 Å². The van der Waals surface area contributed by atoms with E-state index < -0.39 is 0 Å². The largest absolute Gasteiger partial charge is 0.213 e. The fraction of sp³-hybridized carbons (Fsp3) is 0.174. The highest BCUT2D eigenvalue weighted by Gasteiger charge is 2.13. The van der Waals surface area contributed by atoms with Crippen LogP contribution in [0.25, 0.3) is 33.5 Å². The summed E-state index contributed by atoms with van der Waals surface area (Å²) in [4.78, 5) is 13.7. The summed E-state index contributed by atoms with van der Waals surface area (Å²) in [6.07, 6.45) is 0. The van der Waals surface area contributed by atoms with Crippen LogP contribution in [0.2, 0.25) is 0 Å². The molecule has 0 amide bonds. The molecule has 0 atom stereocenters. The number of aromatic nitrogens is 3. The molecule has 1 heterocycles. The average molecular weight is 343 g/mol. The van der Waals surface area contributed by atoms with E-state index in [1.165, 1.54) is 0 Å². The molecule has 4 rings (SSSR count). The van der Waals surface area contributed by atoms with Crippen molar-refractivity contribution in [1.82, 2.24) is 15.0 Å². The Morgan fingerprint density at radius 3 is 2.35 bits per heavy atom. The third-order valence-corrected chi connectivity index (χ3v) is 4.15. The topological polar surface area (TPSA) is 38.7 Å². The number of hydrogen-bond acceptors (Lipinski definition) is 3. The minimum absolute atomic E-state index is 0.00590. The van der Waals surface area contributed by atoms with Gasteiger partial charge < -0.3 is 0 Å². The van der Waals surface area contributed by atoms with Crippen LogP contribution in [0, 0.1) is 6.92 Å². The predicted molar refractivity (Wildman–Crippen MR) is 107 cm³/mol. The molecule has 128 valence electrons. The molecule has 1 aromatic heterocycles. The van der Waals surface area contributed by atoms with Crippen molar-refractivity contribution in [2.45, 2.75) is 26.7 Å². The Hall–Kier alpha value is -3.07. The summed E-state index contributed by atoms with van der Waals surface area (Å²) in [5, 5.41) is 2.18. The van der Waals surface area contributed by atoms with Crippen molar-refractivity contribution in [3.8, 4) is 22.8 Å². The lowest BCUT2D eigenvalue weighted by atomic mass is 10.1. The van der Waals surface area contributed by atoms with E-state index in [1.54, 1.807) is 6.92 Å². The van der Waals surface area contributed by atoms with Crippen molar-refractivity contribution in [2.75, 3.05) is 0 Å². The van der Waals surface area contributed by atoms with Crippen molar-refractivity contribution in [3.05, 3.63) is 78.0 Å². The predicted octanol–water partition coefficient (Wildman–Crippen LogP) is 5.79. The quantitative estimate of drug-likeness (QED) is 0.472. The summed E-state index contributed by atoms with van der Waals surface area (Å²) >= 11 is 0. The van der Waals surface area contributed by atoms with Crippen LogP contribution in [-0.4, -0.2) is 15.0 Å². The Bertz CT molecular complexity index is 1260. The zero-order chi connectivity index (χ0) is 21.6. The lowest BCUT2D eigenvalue weighted by Crippen LogP contribution is -2.04. The lowest BCUT2D eigenvalue weighted by Gasteiger charge is -2.10. The fourth-order valence-corrected chi connectivity index (χ4v) is 2.77. The van der Waals surface area contributed by atoms with Gasteiger partial charge in [0, 0.05) is 17.0 Å². The van der Waals surface area contributed by atoms with Gasteiger partial charge in [0.25, 0.3) is 0 Å². The first-order chi connectivity index (χ1) is 14.3.